The molecule has 3 rings (SSSR count). The van der Waals surface area contributed by atoms with Crippen LogP contribution in [-0.4, -0.2) is 22.1 Å². The molecule has 2 heterocycles. The standard InChI is InChI=1S/C20H22N4O/c1-4-17-13-19(24-20(23-17)15-8-10-21-11-9-15)22-18-7-5-6-16(12-18)14(2)25-3/h5-14H,4H2,1-3H3,(H,22,23,24). The molecule has 2 aromatic heterocycles. The van der Waals surface area contributed by atoms with Gasteiger partial charge < -0.3 is 10.1 Å². The van der Waals surface area contributed by atoms with Crippen LogP contribution in [0, 0.1) is 0 Å². The van der Waals surface area contributed by atoms with Gasteiger partial charge in [0.25, 0.3) is 0 Å². The van der Waals surface area contributed by atoms with Gasteiger partial charge in [0.05, 0.1) is 6.10 Å². The van der Waals surface area contributed by atoms with Gasteiger partial charge in [-0.1, -0.05) is 19.1 Å². The van der Waals surface area contributed by atoms with Crippen LogP contribution in [-0.2, 0) is 11.2 Å². The van der Waals surface area contributed by atoms with Crippen LogP contribution in [0.5, 0.6) is 0 Å². The first-order chi connectivity index (χ1) is 12.2. The molecule has 0 saturated heterocycles. The van der Waals surface area contributed by atoms with Crippen LogP contribution in [0.4, 0.5) is 11.5 Å². The number of methoxy groups -OCH3 is 1. The second-order valence-electron chi connectivity index (χ2n) is 5.79. The highest BCUT2D eigenvalue weighted by Crippen LogP contribution is 2.24. The van der Waals surface area contributed by atoms with Crippen LogP contribution in [0.2, 0.25) is 0 Å². The van der Waals surface area contributed by atoms with Crippen LogP contribution in [0.3, 0.4) is 0 Å². The third kappa shape index (κ3) is 4.19. The lowest BCUT2D eigenvalue weighted by atomic mass is 10.1. The number of ether oxygens (including phenoxy) is 1. The van der Waals surface area contributed by atoms with Crippen molar-refractivity contribution in [1.29, 1.82) is 0 Å². The smallest absolute Gasteiger partial charge is 0.161 e. The average molecular weight is 334 g/mol. The van der Waals surface area contributed by atoms with Gasteiger partial charge in [-0.05, 0) is 43.2 Å². The summed E-state index contributed by atoms with van der Waals surface area (Å²) in [5.41, 5.74) is 4.04. The molecule has 1 unspecified atom stereocenters. The number of rotatable bonds is 6. The van der Waals surface area contributed by atoms with Crippen LogP contribution in [0.15, 0.2) is 54.9 Å². The zero-order valence-corrected chi connectivity index (χ0v) is 14.7. The molecular weight excluding hydrogens is 312 g/mol. The molecule has 0 spiro atoms. The van der Waals surface area contributed by atoms with Gasteiger partial charge in [0, 0.05) is 42.5 Å². The molecule has 0 radical (unpaired) electrons. The van der Waals surface area contributed by atoms with Gasteiger partial charge in [0.15, 0.2) is 5.82 Å². The third-order valence-electron chi connectivity index (χ3n) is 4.06. The summed E-state index contributed by atoms with van der Waals surface area (Å²) in [4.78, 5) is 13.3. The lowest BCUT2D eigenvalue weighted by molar-refractivity contribution is 0.119. The first-order valence-electron chi connectivity index (χ1n) is 8.37. The SMILES string of the molecule is CCc1cc(Nc2cccc(C(C)OC)c2)nc(-c2ccncc2)n1. The van der Waals surface area contributed by atoms with Crippen molar-refractivity contribution in [2.45, 2.75) is 26.4 Å². The maximum Gasteiger partial charge on any atom is 0.161 e. The Bertz CT molecular complexity index is 836. The second-order valence-corrected chi connectivity index (χ2v) is 5.79. The largest absolute Gasteiger partial charge is 0.377 e. The van der Waals surface area contributed by atoms with E-state index in [-0.39, 0.29) is 6.10 Å². The van der Waals surface area contributed by atoms with Crippen molar-refractivity contribution in [1.82, 2.24) is 15.0 Å². The summed E-state index contributed by atoms with van der Waals surface area (Å²) in [5, 5.41) is 3.39. The number of hydrogen-bond acceptors (Lipinski definition) is 5. The maximum atomic E-state index is 5.40. The predicted octanol–water partition coefficient (Wildman–Crippen LogP) is 4.55. The number of nitrogens with zero attached hydrogens (tertiary/aromatic N) is 3. The summed E-state index contributed by atoms with van der Waals surface area (Å²) in [6.45, 7) is 4.11. The van der Waals surface area contributed by atoms with Crippen molar-refractivity contribution in [2.75, 3.05) is 12.4 Å². The zero-order chi connectivity index (χ0) is 17.6. The molecular formula is C20H22N4O. The molecule has 1 N–H and O–H groups in total. The number of aryl methyl sites for hydroxylation is 1. The summed E-state index contributed by atoms with van der Waals surface area (Å²) in [7, 11) is 1.71. The molecule has 3 aromatic rings. The van der Waals surface area contributed by atoms with Gasteiger partial charge in [-0.3, -0.25) is 4.98 Å². The number of hydrogen-bond donors (Lipinski definition) is 1. The summed E-state index contributed by atoms with van der Waals surface area (Å²) in [5.74, 6) is 1.48. The monoisotopic (exact) mass is 334 g/mol. The molecule has 5 heteroatoms. The molecule has 0 aliphatic rings. The first-order valence-corrected chi connectivity index (χ1v) is 8.37. The summed E-state index contributed by atoms with van der Waals surface area (Å²) < 4.78 is 5.40. The second kappa shape index (κ2) is 7.85. The highest BCUT2D eigenvalue weighted by atomic mass is 16.5. The first kappa shape index (κ1) is 17.0. The van der Waals surface area contributed by atoms with Crippen molar-refractivity contribution < 1.29 is 4.74 Å². The Kier molecular flexibility index (Phi) is 5.36. The van der Waals surface area contributed by atoms with E-state index in [1.165, 1.54) is 0 Å². The quantitative estimate of drug-likeness (QED) is 0.716. The minimum absolute atomic E-state index is 0.0470. The average Bonchev–Trinajstić information content (AvgIpc) is 2.68. The topological polar surface area (TPSA) is 59.9 Å². The zero-order valence-electron chi connectivity index (χ0n) is 14.7. The highest BCUT2D eigenvalue weighted by Gasteiger charge is 2.08. The van der Waals surface area contributed by atoms with E-state index in [9.17, 15) is 0 Å². The molecule has 1 atom stereocenters. The number of nitrogens with one attached hydrogen (secondary N) is 1. The molecule has 0 aliphatic heterocycles. The van der Waals surface area contributed by atoms with E-state index in [2.05, 4.69) is 39.3 Å². The Hall–Kier alpha value is -2.79. The van der Waals surface area contributed by atoms with E-state index in [0.717, 1.165) is 34.7 Å². The van der Waals surface area contributed by atoms with Gasteiger partial charge in [-0.25, -0.2) is 9.97 Å². The van der Waals surface area contributed by atoms with E-state index in [0.29, 0.717) is 5.82 Å². The van der Waals surface area contributed by atoms with E-state index in [1.807, 2.05) is 37.3 Å². The normalized spacial score (nSPS) is 12.0. The van der Waals surface area contributed by atoms with E-state index >= 15 is 0 Å². The Morgan fingerprint density at radius 2 is 1.88 bits per heavy atom. The number of benzene rings is 1. The minimum Gasteiger partial charge on any atom is -0.377 e. The predicted molar refractivity (Wildman–Crippen MR) is 99.8 cm³/mol. The van der Waals surface area contributed by atoms with Crippen LogP contribution in [0.1, 0.15) is 31.2 Å². The molecule has 0 amide bonds. The van der Waals surface area contributed by atoms with Gasteiger partial charge in [-0.2, -0.15) is 0 Å². The Morgan fingerprint density at radius 1 is 1.08 bits per heavy atom. The number of anilines is 2. The lowest BCUT2D eigenvalue weighted by Crippen LogP contribution is -2.02. The molecule has 0 fully saturated rings. The van der Waals surface area contributed by atoms with E-state index < -0.39 is 0 Å². The molecule has 0 aliphatic carbocycles. The van der Waals surface area contributed by atoms with Crippen molar-refractivity contribution in [3.8, 4) is 11.4 Å². The Labute approximate surface area is 148 Å². The van der Waals surface area contributed by atoms with E-state index in [1.54, 1.807) is 19.5 Å². The molecule has 25 heavy (non-hydrogen) atoms. The fraction of sp³-hybridized carbons (Fsp3) is 0.250. The molecule has 128 valence electrons. The third-order valence-corrected chi connectivity index (χ3v) is 4.06. The van der Waals surface area contributed by atoms with Crippen LogP contribution in [0.25, 0.3) is 11.4 Å². The number of aromatic nitrogens is 3. The Morgan fingerprint density at radius 3 is 2.60 bits per heavy atom. The molecule has 0 bridgehead atoms. The summed E-state index contributed by atoms with van der Waals surface area (Å²) in [6, 6.07) is 14.0. The minimum atomic E-state index is 0.0470. The van der Waals surface area contributed by atoms with Gasteiger partial charge in [0.1, 0.15) is 5.82 Å². The number of pyridine rings is 1. The van der Waals surface area contributed by atoms with Crippen molar-refractivity contribution in [3.63, 3.8) is 0 Å². The van der Waals surface area contributed by atoms with Crippen LogP contribution < -0.4 is 5.32 Å². The van der Waals surface area contributed by atoms with Crippen molar-refractivity contribution in [3.05, 3.63) is 66.1 Å². The van der Waals surface area contributed by atoms with Gasteiger partial charge >= 0.3 is 0 Å². The molecule has 0 saturated carbocycles. The fourth-order valence-electron chi connectivity index (χ4n) is 2.53. The van der Waals surface area contributed by atoms with Gasteiger partial charge in [0.2, 0.25) is 0 Å². The fourth-order valence-corrected chi connectivity index (χ4v) is 2.53. The molecule has 1 aromatic carbocycles. The lowest BCUT2D eigenvalue weighted by Gasteiger charge is -2.13. The molecule has 5 nitrogen and oxygen atoms in total. The van der Waals surface area contributed by atoms with Crippen molar-refractivity contribution >= 4 is 11.5 Å². The summed E-state index contributed by atoms with van der Waals surface area (Å²) >= 11 is 0. The van der Waals surface area contributed by atoms with Crippen molar-refractivity contribution in [2.24, 2.45) is 0 Å². The van der Waals surface area contributed by atoms with Crippen LogP contribution >= 0.6 is 0 Å². The van der Waals surface area contributed by atoms with Gasteiger partial charge in [-0.15, -0.1) is 0 Å². The Balaban J connectivity index is 1.92. The highest BCUT2D eigenvalue weighted by molar-refractivity contribution is 5.62. The maximum absolute atomic E-state index is 5.40. The summed E-state index contributed by atoms with van der Waals surface area (Å²) in [6.07, 6.45) is 4.39. The van der Waals surface area contributed by atoms with E-state index in [4.69, 9.17) is 4.74 Å².